The van der Waals surface area contributed by atoms with Crippen molar-refractivity contribution in [2.75, 3.05) is 47.7 Å². The number of hydrogen-bond acceptors (Lipinski definition) is 6. The maximum atomic E-state index is 5.75. The van der Waals surface area contributed by atoms with Gasteiger partial charge in [-0.25, -0.2) is 0 Å². The van der Waals surface area contributed by atoms with Crippen molar-refractivity contribution in [2.45, 2.75) is 106 Å². The molecule has 100 heavy (non-hydrogen) atoms. The Morgan fingerprint density at radius 1 is 0.400 bits per heavy atom. The van der Waals surface area contributed by atoms with Crippen LogP contribution in [0.25, 0.3) is 22.3 Å². The molecule has 0 amide bonds. The highest BCUT2D eigenvalue weighted by atomic mass is 32.2. The molecule has 5 aliphatic rings. The molecule has 2 heterocycles. The van der Waals surface area contributed by atoms with E-state index in [1.807, 2.05) is 23.5 Å². The molecule has 11 aromatic carbocycles. The normalized spacial score (nSPS) is 19.9. The standard InChI is InChI=1S/C94H90N2O2S2/c1-9-91(59-97-60-91)63-99-79-51-41-71(42-52-79)93(69-37-33-67(34-38-69)89(3,4)5)85-27-19-17-25-81(85)83-55-49-77(57-87(83)93)95(73-21-13-11-14-22-73)75-45-29-65(30-46-75)66-31-47-76(48-32-66)96(74-23-15-12-16-24-74)78-50-56-84-82-26-18-20-28-86(82)94(88(84)58-78,70-39-35-68(36-40-70)90(6,7)8)72-43-53-80(54-44-72)100-64-92(10-2)61-98-62-92/h11-58,83,87H,9-10,59-64H2,1-8H3. The van der Waals surface area contributed by atoms with Crippen LogP contribution in [0.15, 0.2) is 307 Å². The van der Waals surface area contributed by atoms with E-state index in [1.54, 1.807) is 0 Å². The molecule has 16 rings (SSSR count). The van der Waals surface area contributed by atoms with E-state index in [4.69, 9.17) is 9.47 Å². The van der Waals surface area contributed by atoms with Crippen LogP contribution in [-0.2, 0) is 31.1 Å². The Morgan fingerprint density at radius 2 is 0.820 bits per heavy atom. The van der Waals surface area contributed by atoms with Crippen LogP contribution in [-0.4, -0.2) is 37.9 Å². The van der Waals surface area contributed by atoms with Crippen molar-refractivity contribution in [3.63, 3.8) is 0 Å². The summed E-state index contributed by atoms with van der Waals surface area (Å²) in [5.41, 5.74) is 24.2. The summed E-state index contributed by atoms with van der Waals surface area (Å²) in [6.45, 7) is 21.9. The van der Waals surface area contributed by atoms with Gasteiger partial charge in [-0.3, -0.25) is 0 Å². The zero-order valence-electron chi connectivity index (χ0n) is 59.1. The molecule has 3 aliphatic carbocycles. The van der Waals surface area contributed by atoms with Gasteiger partial charge in [0.25, 0.3) is 0 Å². The third-order valence-corrected chi connectivity index (χ3v) is 25.5. The topological polar surface area (TPSA) is 24.9 Å². The lowest BCUT2D eigenvalue weighted by Gasteiger charge is -2.41. The molecule has 2 aliphatic heterocycles. The Bertz CT molecular complexity index is 4800. The number of fused-ring (bicyclic) bond motifs is 6. The van der Waals surface area contributed by atoms with Crippen LogP contribution in [0.3, 0.4) is 0 Å². The third-order valence-electron chi connectivity index (χ3n) is 22.8. The minimum Gasteiger partial charge on any atom is -0.380 e. The quantitative estimate of drug-likeness (QED) is 0.0749. The summed E-state index contributed by atoms with van der Waals surface area (Å²) in [5, 5.41) is 0. The zero-order valence-corrected chi connectivity index (χ0v) is 60.7. The molecule has 2 fully saturated rings. The molecule has 0 radical (unpaired) electrons. The van der Waals surface area contributed by atoms with Crippen LogP contribution < -0.4 is 9.80 Å². The van der Waals surface area contributed by atoms with Gasteiger partial charge in [-0.1, -0.05) is 256 Å². The molecule has 11 aromatic rings. The van der Waals surface area contributed by atoms with E-state index in [2.05, 4.69) is 356 Å². The zero-order chi connectivity index (χ0) is 68.4. The molecule has 0 N–H and O–H groups in total. The number of rotatable bonds is 19. The lowest BCUT2D eigenvalue weighted by molar-refractivity contribution is -0.0994. The van der Waals surface area contributed by atoms with Gasteiger partial charge in [-0.05, 0) is 193 Å². The van der Waals surface area contributed by atoms with Gasteiger partial charge in [0, 0.05) is 78.1 Å². The molecule has 6 heteroatoms. The SMILES string of the molecule is CCC1(CSc2ccc(C3(c4ccc(C(C)(C)C)cc4)c4ccccc4-c4ccc(N(c5ccccc5)c5ccc(-c6ccc(N(C7=CC8C(C=C7)c7ccccc7C8(c7ccc(SCC8(CC)COC8)cc7)c7ccc(C(C)(C)C)cc7)c7ccccc7)cc6)cc5)cc43)cc2)COC1. The first-order valence-electron chi connectivity index (χ1n) is 36.1. The molecular weight excluding hydrogens is 1250 g/mol. The third kappa shape index (κ3) is 11.5. The first-order chi connectivity index (χ1) is 48.6. The van der Waals surface area contributed by atoms with Crippen molar-refractivity contribution < 1.29 is 9.47 Å². The van der Waals surface area contributed by atoms with E-state index in [9.17, 15) is 0 Å². The van der Waals surface area contributed by atoms with Gasteiger partial charge in [-0.15, -0.1) is 23.5 Å². The van der Waals surface area contributed by atoms with Crippen molar-refractivity contribution in [3.8, 4) is 22.3 Å². The lowest BCUT2D eigenvalue weighted by Crippen LogP contribution is -2.44. The Morgan fingerprint density at radius 3 is 1.32 bits per heavy atom. The molecule has 4 atom stereocenters. The minimum absolute atomic E-state index is 0.0107. The van der Waals surface area contributed by atoms with Gasteiger partial charge in [0.15, 0.2) is 0 Å². The first kappa shape index (κ1) is 65.7. The first-order valence-corrected chi connectivity index (χ1v) is 38.1. The molecule has 0 aromatic heterocycles. The summed E-state index contributed by atoms with van der Waals surface area (Å²) in [6, 6.07) is 104. The Kier molecular flexibility index (Phi) is 17.3. The number of ether oxygens (including phenoxy) is 2. The smallest absolute Gasteiger partial charge is 0.0714 e. The van der Waals surface area contributed by atoms with Crippen molar-refractivity contribution in [1.82, 2.24) is 0 Å². The number of para-hydroxylation sites is 2. The van der Waals surface area contributed by atoms with E-state index in [1.165, 1.54) is 76.6 Å². The van der Waals surface area contributed by atoms with Crippen LogP contribution in [0, 0.1) is 16.7 Å². The molecular formula is C94H90N2O2S2. The van der Waals surface area contributed by atoms with E-state index >= 15 is 0 Å². The van der Waals surface area contributed by atoms with Gasteiger partial charge in [-0.2, -0.15) is 0 Å². The predicted octanol–water partition coefficient (Wildman–Crippen LogP) is 24.2. The van der Waals surface area contributed by atoms with Crippen molar-refractivity contribution in [2.24, 2.45) is 16.7 Å². The maximum Gasteiger partial charge on any atom is 0.0714 e. The van der Waals surface area contributed by atoms with Gasteiger partial charge in [0.1, 0.15) is 0 Å². The molecule has 500 valence electrons. The van der Waals surface area contributed by atoms with E-state index in [-0.39, 0.29) is 33.5 Å². The summed E-state index contributed by atoms with van der Waals surface area (Å²) in [7, 11) is 0. The Hall–Kier alpha value is -8.88. The maximum absolute atomic E-state index is 5.75. The Balaban J connectivity index is 0.751. The second-order valence-corrected chi connectivity index (χ2v) is 32.9. The van der Waals surface area contributed by atoms with Crippen molar-refractivity contribution >= 4 is 52.0 Å². The average Bonchev–Trinajstić information content (AvgIpc) is 1.53. The minimum atomic E-state index is -0.587. The lowest BCUT2D eigenvalue weighted by atomic mass is 9.62. The monoisotopic (exact) mass is 1340 g/mol. The van der Waals surface area contributed by atoms with Crippen LogP contribution in [0.1, 0.15) is 130 Å². The largest absolute Gasteiger partial charge is 0.380 e. The number of thioether (sulfide) groups is 2. The average molecular weight is 1340 g/mol. The predicted molar refractivity (Wildman–Crippen MR) is 421 cm³/mol. The van der Waals surface area contributed by atoms with Crippen molar-refractivity contribution in [1.29, 1.82) is 0 Å². The number of allylic oxidation sites excluding steroid dienone is 3. The highest BCUT2D eigenvalue weighted by Crippen LogP contribution is 2.62. The van der Waals surface area contributed by atoms with E-state index < -0.39 is 10.8 Å². The summed E-state index contributed by atoms with van der Waals surface area (Å²) in [4.78, 5) is 7.51. The van der Waals surface area contributed by atoms with Gasteiger partial charge < -0.3 is 19.3 Å². The summed E-state index contributed by atoms with van der Waals surface area (Å²) in [5.74, 6) is 2.38. The molecule has 0 spiro atoms. The summed E-state index contributed by atoms with van der Waals surface area (Å²) < 4.78 is 11.5. The number of nitrogens with zero attached hydrogens (tertiary/aromatic N) is 2. The van der Waals surface area contributed by atoms with Crippen LogP contribution in [0.4, 0.5) is 28.4 Å². The number of benzene rings is 11. The highest BCUT2D eigenvalue weighted by Gasteiger charge is 2.54. The van der Waals surface area contributed by atoms with Gasteiger partial charge in [0.05, 0.1) is 37.3 Å². The Labute approximate surface area is 602 Å². The molecule has 4 unspecified atom stereocenters. The van der Waals surface area contributed by atoms with Crippen LogP contribution >= 0.6 is 23.5 Å². The molecule has 0 saturated carbocycles. The fraction of sp³-hybridized carbons (Fsp3) is 0.255. The fourth-order valence-corrected chi connectivity index (χ4v) is 19.0. The second kappa shape index (κ2) is 26.3. The van der Waals surface area contributed by atoms with Crippen LogP contribution in [0.2, 0.25) is 0 Å². The summed E-state index contributed by atoms with van der Waals surface area (Å²) in [6.07, 6.45) is 9.77. The van der Waals surface area contributed by atoms with Crippen molar-refractivity contribution in [3.05, 3.63) is 353 Å². The van der Waals surface area contributed by atoms with E-state index in [0.29, 0.717) is 0 Å². The van der Waals surface area contributed by atoms with Crippen LogP contribution in [0.5, 0.6) is 0 Å². The highest BCUT2D eigenvalue weighted by molar-refractivity contribution is 7.99. The number of hydrogen-bond donors (Lipinski definition) is 0. The molecule has 4 nitrogen and oxygen atoms in total. The van der Waals surface area contributed by atoms with E-state index in [0.717, 1.165) is 96.0 Å². The molecule has 2 saturated heterocycles. The second-order valence-electron chi connectivity index (χ2n) is 30.8. The number of anilines is 5. The fourth-order valence-electron chi connectivity index (χ4n) is 16.6. The summed E-state index contributed by atoms with van der Waals surface area (Å²) >= 11 is 3.94. The van der Waals surface area contributed by atoms with Gasteiger partial charge in [0.2, 0.25) is 0 Å². The van der Waals surface area contributed by atoms with Gasteiger partial charge >= 0.3 is 0 Å². The molecule has 0 bridgehead atoms.